The molecule has 8 heteroatoms. The van der Waals surface area contributed by atoms with E-state index in [4.69, 9.17) is 15.1 Å². The van der Waals surface area contributed by atoms with Gasteiger partial charge in [-0.2, -0.15) is 4.52 Å². The van der Waals surface area contributed by atoms with Crippen molar-refractivity contribution in [1.29, 1.82) is 0 Å². The summed E-state index contributed by atoms with van der Waals surface area (Å²) in [5.74, 6) is 2.28. The first-order valence-electron chi connectivity index (χ1n) is 9.07. The first-order valence-corrected chi connectivity index (χ1v) is 9.07. The number of aromatic nitrogens is 4. The van der Waals surface area contributed by atoms with Crippen LogP contribution in [-0.2, 0) is 6.42 Å². The van der Waals surface area contributed by atoms with Gasteiger partial charge in [0, 0.05) is 19.7 Å². The van der Waals surface area contributed by atoms with E-state index in [1.807, 2.05) is 12.1 Å². The van der Waals surface area contributed by atoms with E-state index >= 15 is 0 Å². The van der Waals surface area contributed by atoms with Gasteiger partial charge in [0.15, 0.2) is 11.4 Å². The Labute approximate surface area is 151 Å². The molecule has 0 bridgehead atoms. The molecule has 2 unspecified atom stereocenters. The van der Waals surface area contributed by atoms with Crippen LogP contribution in [0, 0.1) is 11.8 Å². The van der Waals surface area contributed by atoms with Crippen molar-refractivity contribution < 1.29 is 9.52 Å². The van der Waals surface area contributed by atoms with Gasteiger partial charge < -0.3 is 20.2 Å². The fourth-order valence-corrected chi connectivity index (χ4v) is 3.76. The molecule has 3 N–H and O–H groups in total. The third-order valence-electron chi connectivity index (χ3n) is 5.30. The van der Waals surface area contributed by atoms with Gasteiger partial charge in [0.25, 0.3) is 0 Å². The van der Waals surface area contributed by atoms with E-state index < -0.39 is 0 Å². The summed E-state index contributed by atoms with van der Waals surface area (Å²) in [7, 11) is 0. The summed E-state index contributed by atoms with van der Waals surface area (Å²) in [6.45, 7) is 6.28. The van der Waals surface area contributed by atoms with Crippen molar-refractivity contribution in [3.05, 3.63) is 24.1 Å². The molecule has 0 spiro atoms. The summed E-state index contributed by atoms with van der Waals surface area (Å²) in [5.41, 5.74) is 8.85. The Bertz CT molecular complexity index is 904. The fraction of sp³-hybridized carbons (Fsp3) is 0.500. The number of fused-ring (bicyclic) bond motifs is 3. The molecule has 2 atom stereocenters. The van der Waals surface area contributed by atoms with Crippen molar-refractivity contribution >= 4 is 17.3 Å². The summed E-state index contributed by atoms with van der Waals surface area (Å²) < 4.78 is 7.02. The predicted octanol–water partition coefficient (Wildman–Crippen LogP) is 1.98. The van der Waals surface area contributed by atoms with Crippen molar-refractivity contribution in [3.8, 4) is 11.6 Å². The lowest BCUT2D eigenvalue weighted by Crippen LogP contribution is -2.39. The van der Waals surface area contributed by atoms with Crippen LogP contribution in [0.2, 0.25) is 0 Å². The lowest BCUT2D eigenvalue weighted by atomic mass is 9.84. The average molecular weight is 356 g/mol. The van der Waals surface area contributed by atoms with Crippen LogP contribution in [0.3, 0.4) is 0 Å². The fourth-order valence-electron chi connectivity index (χ4n) is 3.76. The average Bonchev–Trinajstić information content (AvgIpc) is 3.30. The van der Waals surface area contributed by atoms with E-state index in [0.717, 1.165) is 37.3 Å². The molecule has 1 aliphatic heterocycles. The molecule has 0 aromatic carbocycles. The summed E-state index contributed by atoms with van der Waals surface area (Å²) >= 11 is 0. The van der Waals surface area contributed by atoms with Crippen LogP contribution in [0.15, 0.2) is 22.8 Å². The van der Waals surface area contributed by atoms with Crippen LogP contribution >= 0.6 is 0 Å². The summed E-state index contributed by atoms with van der Waals surface area (Å²) in [4.78, 5) is 11.6. The number of aliphatic hydroxyl groups excluding tert-OH is 1. The van der Waals surface area contributed by atoms with Crippen molar-refractivity contribution in [2.75, 3.05) is 30.3 Å². The van der Waals surface area contributed by atoms with Gasteiger partial charge in [0.1, 0.15) is 5.69 Å². The highest BCUT2D eigenvalue weighted by molar-refractivity contribution is 5.75. The van der Waals surface area contributed by atoms with E-state index in [1.54, 1.807) is 10.8 Å². The zero-order valence-electron chi connectivity index (χ0n) is 15.1. The quantitative estimate of drug-likeness (QED) is 0.720. The number of anilines is 2. The predicted molar refractivity (Wildman–Crippen MR) is 98.8 cm³/mol. The van der Waals surface area contributed by atoms with Gasteiger partial charge in [-0.3, -0.25) is 0 Å². The minimum Gasteiger partial charge on any atom is -0.461 e. The molecule has 0 aliphatic carbocycles. The lowest BCUT2D eigenvalue weighted by molar-refractivity contribution is 0.226. The van der Waals surface area contributed by atoms with Gasteiger partial charge in [0.2, 0.25) is 11.8 Å². The highest BCUT2D eigenvalue weighted by Crippen LogP contribution is 2.36. The first-order chi connectivity index (χ1) is 12.6. The summed E-state index contributed by atoms with van der Waals surface area (Å²) in [6.07, 6.45) is 3.23. The number of aliphatic hydroxyl groups is 1. The molecule has 138 valence electrons. The van der Waals surface area contributed by atoms with E-state index in [2.05, 4.69) is 28.8 Å². The molecule has 3 aromatic rings. The number of nitrogens with zero attached hydrogens (tertiary/aromatic N) is 5. The van der Waals surface area contributed by atoms with Gasteiger partial charge in [-0.05, 0) is 43.7 Å². The highest BCUT2D eigenvalue weighted by atomic mass is 16.3. The van der Waals surface area contributed by atoms with E-state index in [0.29, 0.717) is 35.0 Å². The first kappa shape index (κ1) is 16.8. The lowest BCUT2D eigenvalue weighted by Gasteiger charge is -2.37. The van der Waals surface area contributed by atoms with Crippen LogP contribution in [0.5, 0.6) is 0 Å². The Kier molecular flexibility index (Phi) is 4.28. The van der Waals surface area contributed by atoms with Crippen LogP contribution in [-0.4, -0.2) is 44.4 Å². The molecule has 0 amide bonds. The van der Waals surface area contributed by atoms with Crippen LogP contribution in [0.25, 0.3) is 17.2 Å². The smallest absolute Gasteiger partial charge is 0.223 e. The molecule has 1 aliphatic rings. The van der Waals surface area contributed by atoms with E-state index in [1.165, 1.54) is 0 Å². The molecule has 0 fully saturated rings. The maximum atomic E-state index is 9.28. The van der Waals surface area contributed by atoms with Gasteiger partial charge in [-0.25, -0.2) is 9.97 Å². The highest BCUT2D eigenvalue weighted by Gasteiger charge is 2.32. The summed E-state index contributed by atoms with van der Waals surface area (Å²) in [5, 5.41) is 13.8. The number of furan rings is 1. The Morgan fingerprint density at radius 3 is 2.96 bits per heavy atom. The molecule has 0 saturated heterocycles. The van der Waals surface area contributed by atoms with Gasteiger partial charge in [0.05, 0.1) is 12.0 Å². The Morgan fingerprint density at radius 2 is 2.27 bits per heavy atom. The Hall–Kier alpha value is -2.61. The molecule has 3 aromatic heterocycles. The number of nitrogens with two attached hydrogens (primary N) is 1. The standard InChI is InChI=1S/C18H24N6O2/c1-3-23-10-12(11(2)6-7-25)9-13-15(23)17-21-16(14-5-4-8-26-14)22-24(17)18(19)20-13/h4-5,8,11-12,25H,3,6-7,9-10H2,1-2H3,(H2,19,20). The largest absolute Gasteiger partial charge is 0.461 e. The van der Waals surface area contributed by atoms with Crippen molar-refractivity contribution in [2.45, 2.75) is 26.7 Å². The number of nitrogen functional groups attached to an aromatic ring is 1. The molecule has 26 heavy (non-hydrogen) atoms. The maximum absolute atomic E-state index is 9.28. The molecular weight excluding hydrogens is 332 g/mol. The monoisotopic (exact) mass is 356 g/mol. The van der Waals surface area contributed by atoms with Crippen LogP contribution in [0.1, 0.15) is 26.0 Å². The SMILES string of the molecule is CCN1CC(C(C)CCO)Cc2nc(N)n3nc(-c4ccco4)nc3c21. The van der Waals surface area contributed by atoms with E-state index in [9.17, 15) is 5.11 Å². The van der Waals surface area contributed by atoms with Crippen molar-refractivity contribution in [2.24, 2.45) is 11.8 Å². The molecule has 4 rings (SSSR count). The summed E-state index contributed by atoms with van der Waals surface area (Å²) in [6, 6.07) is 3.64. The molecule has 8 nitrogen and oxygen atoms in total. The number of rotatable bonds is 5. The van der Waals surface area contributed by atoms with Gasteiger partial charge >= 0.3 is 0 Å². The molecule has 0 radical (unpaired) electrons. The minimum absolute atomic E-state index is 0.210. The zero-order chi connectivity index (χ0) is 18.3. The minimum atomic E-state index is 0.210. The molecule has 0 saturated carbocycles. The Balaban J connectivity index is 1.82. The Morgan fingerprint density at radius 1 is 1.42 bits per heavy atom. The normalized spacial score (nSPS) is 18.3. The zero-order valence-corrected chi connectivity index (χ0v) is 15.1. The van der Waals surface area contributed by atoms with Crippen LogP contribution < -0.4 is 10.6 Å². The number of hydrogen-bond acceptors (Lipinski definition) is 7. The molecular formula is C18H24N6O2. The second-order valence-electron chi connectivity index (χ2n) is 6.91. The topological polar surface area (TPSA) is 106 Å². The second kappa shape index (κ2) is 6.60. The van der Waals surface area contributed by atoms with E-state index in [-0.39, 0.29) is 6.61 Å². The third-order valence-corrected chi connectivity index (χ3v) is 5.30. The number of hydrogen-bond donors (Lipinski definition) is 2. The second-order valence-corrected chi connectivity index (χ2v) is 6.91. The van der Waals surface area contributed by atoms with Gasteiger partial charge in [-0.15, -0.1) is 5.10 Å². The maximum Gasteiger partial charge on any atom is 0.223 e. The van der Waals surface area contributed by atoms with Crippen molar-refractivity contribution in [3.63, 3.8) is 0 Å². The van der Waals surface area contributed by atoms with Crippen LogP contribution in [0.4, 0.5) is 11.6 Å². The van der Waals surface area contributed by atoms with Crippen molar-refractivity contribution in [1.82, 2.24) is 19.6 Å². The van der Waals surface area contributed by atoms with Gasteiger partial charge in [-0.1, -0.05) is 6.92 Å². The molecule has 4 heterocycles. The third kappa shape index (κ3) is 2.70.